The maximum absolute atomic E-state index is 5.51. The minimum absolute atomic E-state index is 0.227. The van der Waals surface area contributed by atoms with Crippen molar-refractivity contribution in [1.82, 2.24) is 14.9 Å². The summed E-state index contributed by atoms with van der Waals surface area (Å²) in [6.45, 7) is 2.15. The molecule has 0 bridgehead atoms. The van der Waals surface area contributed by atoms with Gasteiger partial charge in [-0.2, -0.15) is 4.79 Å². The third-order valence-corrected chi connectivity index (χ3v) is 2.11. The van der Waals surface area contributed by atoms with E-state index < -0.39 is 0 Å². The molecule has 0 aromatic carbocycles. The van der Waals surface area contributed by atoms with Gasteiger partial charge in [0.2, 0.25) is 0 Å². The molecule has 1 saturated carbocycles. The molecule has 54 valence electrons. The summed E-state index contributed by atoms with van der Waals surface area (Å²) in [6, 6.07) is 0. The van der Waals surface area contributed by atoms with Crippen LogP contribution in [0.3, 0.4) is 0 Å². The standard InChI is InChI=1S/C6H10N4/c1-6(2-3-6)5-8-4-9-10(5)7/h4H,2-3,7H2,1H3. The Morgan fingerprint density at radius 3 is 2.80 bits per heavy atom. The van der Waals surface area contributed by atoms with Crippen molar-refractivity contribution in [3.8, 4) is 0 Å². The van der Waals surface area contributed by atoms with Crippen LogP contribution in [0.4, 0.5) is 0 Å². The highest BCUT2D eigenvalue weighted by molar-refractivity contribution is 5.14. The van der Waals surface area contributed by atoms with Gasteiger partial charge in [-0.25, -0.2) is 4.98 Å². The summed E-state index contributed by atoms with van der Waals surface area (Å²) in [5.41, 5.74) is 0.227. The molecule has 0 amide bonds. The SMILES string of the molecule is CC1(c2ncnn2N)CC1. The summed E-state index contributed by atoms with van der Waals surface area (Å²) >= 11 is 0. The van der Waals surface area contributed by atoms with E-state index in [1.807, 2.05) is 0 Å². The van der Waals surface area contributed by atoms with E-state index in [-0.39, 0.29) is 5.41 Å². The number of hydrogen-bond donors (Lipinski definition) is 1. The number of nitrogens with zero attached hydrogens (tertiary/aromatic N) is 3. The molecule has 4 nitrogen and oxygen atoms in total. The van der Waals surface area contributed by atoms with Crippen molar-refractivity contribution in [2.45, 2.75) is 25.2 Å². The molecule has 2 rings (SSSR count). The quantitative estimate of drug-likeness (QED) is 0.557. The van der Waals surface area contributed by atoms with Crippen LogP contribution in [0.1, 0.15) is 25.6 Å². The highest BCUT2D eigenvalue weighted by Crippen LogP contribution is 2.45. The molecule has 4 heteroatoms. The van der Waals surface area contributed by atoms with E-state index in [1.54, 1.807) is 0 Å². The van der Waals surface area contributed by atoms with Crippen LogP contribution in [0.2, 0.25) is 0 Å². The molecular formula is C6H10N4. The van der Waals surface area contributed by atoms with Gasteiger partial charge in [0.25, 0.3) is 0 Å². The number of nitrogens with two attached hydrogens (primary N) is 1. The fraction of sp³-hybridized carbons (Fsp3) is 0.667. The fourth-order valence-electron chi connectivity index (χ4n) is 1.09. The summed E-state index contributed by atoms with van der Waals surface area (Å²) in [5.74, 6) is 6.42. The molecule has 1 aromatic rings. The molecule has 1 fully saturated rings. The Balaban J connectivity index is 2.42. The van der Waals surface area contributed by atoms with E-state index in [9.17, 15) is 0 Å². The van der Waals surface area contributed by atoms with Crippen LogP contribution in [0.5, 0.6) is 0 Å². The third-order valence-electron chi connectivity index (χ3n) is 2.11. The van der Waals surface area contributed by atoms with Gasteiger partial charge in [0.05, 0.1) is 0 Å². The van der Waals surface area contributed by atoms with Gasteiger partial charge in [0.15, 0.2) is 5.82 Å². The van der Waals surface area contributed by atoms with Crippen molar-refractivity contribution < 1.29 is 0 Å². The Bertz CT molecular complexity index is 248. The molecule has 1 heterocycles. The monoisotopic (exact) mass is 138 g/mol. The molecule has 0 unspecified atom stereocenters. The number of aromatic nitrogens is 3. The van der Waals surface area contributed by atoms with Gasteiger partial charge in [0, 0.05) is 5.41 Å². The first-order chi connectivity index (χ1) is 4.72. The van der Waals surface area contributed by atoms with E-state index in [4.69, 9.17) is 5.84 Å². The van der Waals surface area contributed by atoms with Crippen LogP contribution in [0.15, 0.2) is 6.33 Å². The summed E-state index contributed by atoms with van der Waals surface area (Å²) in [6.07, 6.45) is 3.87. The van der Waals surface area contributed by atoms with Crippen LogP contribution >= 0.6 is 0 Å². The largest absolute Gasteiger partial charge is 0.321 e. The maximum atomic E-state index is 5.51. The first kappa shape index (κ1) is 5.70. The van der Waals surface area contributed by atoms with Gasteiger partial charge >= 0.3 is 0 Å². The van der Waals surface area contributed by atoms with Gasteiger partial charge in [-0.1, -0.05) is 6.92 Å². The molecule has 0 atom stereocenters. The molecule has 1 aliphatic rings. The second-order valence-electron chi connectivity index (χ2n) is 3.09. The van der Waals surface area contributed by atoms with Gasteiger partial charge in [-0.15, -0.1) is 5.10 Å². The normalized spacial score (nSPS) is 20.9. The Kier molecular flexibility index (Phi) is 0.859. The van der Waals surface area contributed by atoms with Crippen molar-refractivity contribution in [3.63, 3.8) is 0 Å². The molecule has 1 aliphatic carbocycles. The highest BCUT2D eigenvalue weighted by atomic mass is 15.5. The van der Waals surface area contributed by atoms with Crippen LogP contribution < -0.4 is 5.84 Å². The van der Waals surface area contributed by atoms with Crippen LogP contribution in [-0.2, 0) is 5.41 Å². The van der Waals surface area contributed by atoms with Crippen LogP contribution in [0.25, 0.3) is 0 Å². The highest BCUT2D eigenvalue weighted by Gasteiger charge is 2.43. The van der Waals surface area contributed by atoms with Crippen molar-refractivity contribution in [1.29, 1.82) is 0 Å². The Hall–Kier alpha value is -1.06. The smallest absolute Gasteiger partial charge is 0.155 e. The molecule has 0 spiro atoms. The molecule has 1 aromatic heterocycles. The predicted octanol–water partition coefficient (Wildman–Crippen LogP) is 0.0434. The van der Waals surface area contributed by atoms with Crippen LogP contribution in [-0.4, -0.2) is 14.9 Å². The van der Waals surface area contributed by atoms with Crippen molar-refractivity contribution in [2.24, 2.45) is 0 Å². The molecule has 10 heavy (non-hydrogen) atoms. The second kappa shape index (κ2) is 1.51. The first-order valence-corrected chi connectivity index (χ1v) is 3.38. The minimum Gasteiger partial charge on any atom is -0.321 e. The summed E-state index contributed by atoms with van der Waals surface area (Å²) in [7, 11) is 0. The van der Waals surface area contributed by atoms with Crippen LogP contribution in [0, 0.1) is 0 Å². The van der Waals surface area contributed by atoms with E-state index >= 15 is 0 Å². The fourth-order valence-corrected chi connectivity index (χ4v) is 1.09. The van der Waals surface area contributed by atoms with Gasteiger partial charge in [-0.05, 0) is 12.8 Å². The van der Waals surface area contributed by atoms with E-state index in [0.717, 1.165) is 5.82 Å². The first-order valence-electron chi connectivity index (χ1n) is 3.38. The van der Waals surface area contributed by atoms with E-state index in [0.29, 0.717) is 0 Å². The zero-order valence-electron chi connectivity index (χ0n) is 5.91. The summed E-state index contributed by atoms with van der Waals surface area (Å²) < 4.78 is 0. The minimum atomic E-state index is 0.227. The number of rotatable bonds is 1. The lowest BCUT2D eigenvalue weighted by atomic mass is 10.1. The zero-order chi connectivity index (χ0) is 7.19. The lowest BCUT2D eigenvalue weighted by molar-refractivity contribution is 0.645. The Morgan fingerprint density at radius 1 is 1.70 bits per heavy atom. The Labute approximate surface area is 59.0 Å². The Morgan fingerprint density at radius 2 is 2.40 bits per heavy atom. The zero-order valence-corrected chi connectivity index (χ0v) is 5.91. The summed E-state index contributed by atoms with van der Waals surface area (Å²) in [4.78, 5) is 5.44. The average molecular weight is 138 g/mol. The van der Waals surface area contributed by atoms with Gasteiger partial charge in [-0.3, -0.25) is 0 Å². The summed E-state index contributed by atoms with van der Waals surface area (Å²) in [5, 5.41) is 3.81. The third kappa shape index (κ3) is 0.616. The average Bonchev–Trinajstić information content (AvgIpc) is 2.44. The number of hydrogen-bond acceptors (Lipinski definition) is 3. The molecule has 0 saturated heterocycles. The van der Waals surface area contributed by atoms with Gasteiger partial charge in [0.1, 0.15) is 6.33 Å². The van der Waals surface area contributed by atoms with Crippen molar-refractivity contribution in [2.75, 3.05) is 5.84 Å². The van der Waals surface area contributed by atoms with Gasteiger partial charge < -0.3 is 5.84 Å². The molecule has 2 N–H and O–H groups in total. The molecular weight excluding hydrogens is 128 g/mol. The molecule has 0 radical (unpaired) electrons. The second-order valence-corrected chi connectivity index (χ2v) is 3.09. The van der Waals surface area contributed by atoms with E-state index in [2.05, 4.69) is 17.0 Å². The lowest BCUT2D eigenvalue weighted by Crippen LogP contribution is -2.19. The lowest BCUT2D eigenvalue weighted by Gasteiger charge is -2.04. The maximum Gasteiger partial charge on any atom is 0.155 e. The van der Waals surface area contributed by atoms with Crippen molar-refractivity contribution in [3.05, 3.63) is 12.2 Å². The van der Waals surface area contributed by atoms with E-state index in [1.165, 1.54) is 24.0 Å². The molecule has 0 aliphatic heterocycles. The topological polar surface area (TPSA) is 56.7 Å². The van der Waals surface area contributed by atoms with Crippen molar-refractivity contribution >= 4 is 0 Å². The number of nitrogen functional groups attached to an aromatic ring is 1. The predicted molar refractivity (Wildman–Crippen MR) is 36.8 cm³/mol.